The molecule has 0 saturated heterocycles. The molecule has 0 unspecified atom stereocenters. The van der Waals surface area contributed by atoms with E-state index in [9.17, 15) is 0 Å². The number of thiol groups is 1. The zero-order chi connectivity index (χ0) is 16.8. The van der Waals surface area contributed by atoms with Crippen LogP contribution in [0.4, 0.5) is 0 Å². The van der Waals surface area contributed by atoms with Crippen molar-refractivity contribution in [2.24, 2.45) is 0 Å². The molecule has 0 amide bonds. The van der Waals surface area contributed by atoms with Crippen molar-refractivity contribution in [1.29, 1.82) is 0 Å². The first-order valence-electron chi connectivity index (χ1n) is 7.67. The van der Waals surface area contributed by atoms with E-state index in [1.807, 2.05) is 31.2 Å². The molecule has 0 radical (unpaired) electrons. The zero-order valence-electron chi connectivity index (χ0n) is 13.8. The Labute approximate surface area is 149 Å². The fourth-order valence-corrected chi connectivity index (χ4v) is 2.71. The van der Waals surface area contributed by atoms with Crippen molar-refractivity contribution in [2.75, 3.05) is 0 Å². The first kappa shape index (κ1) is 17.8. The van der Waals surface area contributed by atoms with Crippen LogP contribution in [-0.4, -0.2) is 5.05 Å². The van der Waals surface area contributed by atoms with E-state index in [4.69, 9.17) is 21.7 Å². The number of aryl methyl sites for hydroxylation is 2. The number of thiocarbonyl (C=S) groups is 1. The molecule has 2 rings (SSSR count). The Morgan fingerprint density at radius 3 is 2.57 bits per heavy atom. The number of hydrogen-bond donors (Lipinski definition) is 1. The van der Waals surface area contributed by atoms with Gasteiger partial charge >= 0.3 is 0 Å². The summed E-state index contributed by atoms with van der Waals surface area (Å²) in [5.74, 6) is 2.27. The minimum absolute atomic E-state index is 0.433. The van der Waals surface area contributed by atoms with Gasteiger partial charge in [-0.15, -0.1) is 0 Å². The molecule has 0 saturated carbocycles. The van der Waals surface area contributed by atoms with Gasteiger partial charge in [0.2, 0.25) is 0 Å². The Balaban J connectivity index is 2.24. The summed E-state index contributed by atoms with van der Waals surface area (Å²) in [5, 5.41) is 0.578. The second kappa shape index (κ2) is 8.37. The molecule has 0 N–H and O–H groups in total. The highest BCUT2D eigenvalue weighted by Crippen LogP contribution is 2.27. The maximum Gasteiger partial charge on any atom is 0.167 e. The molecule has 0 aliphatic heterocycles. The van der Waals surface area contributed by atoms with Crippen molar-refractivity contribution < 1.29 is 9.47 Å². The quantitative estimate of drug-likeness (QED) is 0.556. The van der Waals surface area contributed by atoms with Crippen LogP contribution in [0.15, 0.2) is 36.4 Å². The highest BCUT2D eigenvalue weighted by Gasteiger charge is 2.12. The van der Waals surface area contributed by atoms with E-state index in [0.29, 0.717) is 23.8 Å². The molecule has 0 aliphatic rings. The Morgan fingerprint density at radius 1 is 1.13 bits per heavy atom. The van der Waals surface area contributed by atoms with Gasteiger partial charge in [0.15, 0.2) is 5.05 Å². The molecule has 0 aromatic heterocycles. The van der Waals surface area contributed by atoms with E-state index in [2.05, 4.69) is 38.6 Å². The fraction of sp³-hybridized carbons (Fsp3) is 0.316. The second-order valence-corrected chi connectivity index (χ2v) is 6.21. The van der Waals surface area contributed by atoms with Crippen molar-refractivity contribution in [3.63, 3.8) is 0 Å². The van der Waals surface area contributed by atoms with Gasteiger partial charge in [0.25, 0.3) is 0 Å². The van der Waals surface area contributed by atoms with E-state index in [1.165, 1.54) is 5.56 Å². The van der Waals surface area contributed by atoms with E-state index in [-0.39, 0.29) is 0 Å². The lowest BCUT2D eigenvalue weighted by atomic mass is 10.1. The van der Waals surface area contributed by atoms with Gasteiger partial charge in [-0.05, 0) is 49.3 Å². The lowest BCUT2D eigenvalue weighted by Gasteiger charge is -2.16. The lowest BCUT2D eigenvalue weighted by molar-refractivity contribution is 0.299. The highest BCUT2D eigenvalue weighted by atomic mass is 32.1. The number of hydrogen-bond acceptors (Lipinski definition) is 4. The zero-order valence-corrected chi connectivity index (χ0v) is 15.5. The van der Waals surface area contributed by atoms with Gasteiger partial charge in [-0.3, -0.25) is 0 Å². The standard InChI is InChI=1S/C19H22O2S2/c1-4-19(23)21-18-7-5-6-15(12-22)16(18)11-20-17-9-8-13(2)10-14(17)3/h5-10,22H,4,11-12H2,1-3H3. The molecule has 0 heterocycles. The lowest BCUT2D eigenvalue weighted by Crippen LogP contribution is -2.08. The molecule has 2 aromatic rings. The third-order valence-electron chi connectivity index (χ3n) is 3.62. The maximum atomic E-state index is 6.02. The molecule has 122 valence electrons. The van der Waals surface area contributed by atoms with E-state index in [1.54, 1.807) is 0 Å². The molecular weight excluding hydrogens is 324 g/mol. The van der Waals surface area contributed by atoms with Crippen molar-refractivity contribution in [1.82, 2.24) is 0 Å². The molecule has 0 atom stereocenters. The summed E-state index contributed by atoms with van der Waals surface area (Å²) in [6.07, 6.45) is 0.706. The maximum absolute atomic E-state index is 6.02. The van der Waals surface area contributed by atoms with Gasteiger partial charge in [0.05, 0.1) is 0 Å². The van der Waals surface area contributed by atoms with E-state index in [0.717, 1.165) is 28.2 Å². The number of ether oxygens (including phenoxy) is 2. The molecule has 2 aromatic carbocycles. The van der Waals surface area contributed by atoms with Crippen molar-refractivity contribution in [3.05, 3.63) is 58.7 Å². The molecular formula is C19H22O2S2. The Morgan fingerprint density at radius 2 is 1.91 bits per heavy atom. The molecule has 0 fully saturated rings. The average Bonchev–Trinajstić information content (AvgIpc) is 2.54. The Bertz CT molecular complexity index is 696. The summed E-state index contributed by atoms with van der Waals surface area (Å²) in [5.41, 5.74) is 4.44. The van der Waals surface area contributed by atoms with Gasteiger partial charge in [-0.1, -0.05) is 36.8 Å². The third kappa shape index (κ3) is 4.72. The summed E-state index contributed by atoms with van der Waals surface area (Å²) < 4.78 is 11.8. The van der Waals surface area contributed by atoms with Crippen LogP contribution in [0.1, 0.15) is 35.6 Å². The van der Waals surface area contributed by atoms with Crippen LogP contribution >= 0.6 is 24.8 Å². The van der Waals surface area contributed by atoms with Crippen LogP contribution in [0.25, 0.3) is 0 Å². The SMILES string of the molecule is CCC(=S)Oc1cccc(CS)c1COc1ccc(C)cc1C. The third-order valence-corrected chi connectivity index (χ3v) is 4.33. The average molecular weight is 347 g/mol. The second-order valence-electron chi connectivity index (χ2n) is 5.44. The molecule has 23 heavy (non-hydrogen) atoms. The predicted octanol–water partition coefficient (Wildman–Crippen LogP) is 5.43. The van der Waals surface area contributed by atoms with Gasteiger partial charge < -0.3 is 9.47 Å². The molecule has 2 nitrogen and oxygen atoms in total. The van der Waals surface area contributed by atoms with Crippen LogP contribution in [0, 0.1) is 13.8 Å². The number of rotatable bonds is 6. The molecule has 0 aliphatic carbocycles. The van der Waals surface area contributed by atoms with Crippen molar-refractivity contribution in [3.8, 4) is 11.5 Å². The van der Waals surface area contributed by atoms with Crippen molar-refractivity contribution >= 4 is 29.9 Å². The topological polar surface area (TPSA) is 18.5 Å². The fourth-order valence-electron chi connectivity index (χ4n) is 2.32. The normalized spacial score (nSPS) is 10.4. The number of benzene rings is 2. The summed E-state index contributed by atoms with van der Waals surface area (Å²) in [6.45, 7) is 6.54. The van der Waals surface area contributed by atoms with Gasteiger partial charge in [-0.25, -0.2) is 0 Å². The van der Waals surface area contributed by atoms with Gasteiger partial charge in [0, 0.05) is 17.7 Å². The first-order chi connectivity index (χ1) is 11.0. The van der Waals surface area contributed by atoms with E-state index < -0.39 is 0 Å². The van der Waals surface area contributed by atoms with E-state index >= 15 is 0 Å². The minimum Gasteiger partial charge on any atom is -0.488 e. The summed E-state index contributed by atoms with van der Waals surface area (Å²) >= 11 is 9.62. The van der Waals surface area contributed by atoms with Crippen LogP contribution in [0.3, 0.4) is 0 Å². The minimum atomic E-state index is 0.433. The molecule has 0 spiro atoms. The Hall–Kier alpha value is -1.52. The highest BCUT2D eigenvalue weighted by molar-refractivity contribution is 7.80. The van der Waals surface area contributed by atoms with Crippen LogP contribution in [0.5, 0.6) is 11.5 Å². The van der Waals surface area contributed by atoms with Crippen LogP contribution in [0.2, 0.25) is 0 Å². The predicted molar refractivity (Wildman–Crippen MR) is 103 cm³/mol. The van der Waals surface area contributed by atoms with Crippen LogP contribution < -0.4 is 9.47 Å². The Kier molecular flexibility index (Phi) is 6.48. The summed E-state index contributed by atoms with van der Waals surface area (Å²) in [4.78, 5) is 0. The summed E-state index contributed by atoms with van der Waals surface area (Å²) in [6, 6.07) is 12.1. The summed E-state index contributed by atoms with van der Waals surface area (Å²) in [7, 11) is 0. The molecule has 4 heteroatoms. The van der Waals surface area contributed by atoms with Gasteiger partial charge in [0.1, 0.15) is 18.1 Å². The molecule has 0 bridgehead atoms. The van der Waals surface area contributed by atoms with Gasteiger partial charge in [-0.2, -0.15) is 12.6 Å². The smallest absolute Gasteiger partial charge is 0.167 e. The largest absolute Gasteiger partial charge is 0.488 e. The first-order valence-corrected chi connectivity index (χ1v) is 8.71. The van der Waals surface area contributed by atoms with Crippen LogP contribution in [-0.2, 0) is 12.4 Å². The van der Waals surface area contributed by atoms with Crippen molar-refractivity contribution in [2.45, 2.75) is 39.6 Å². The monoisotopic (exact) mass is 346 g/mol.